The summed E-state index contributed by atoms with van der Waals surface area (Å²) in [6, 6.07) is 14.8. The molecule has 1 heterocycles. The van der Waals surface area contributed by atoms with E-state index in [2.05, 4.69) is 5.32 Å². The highest BCUT2D eigenvalue weighted by molar-refractivity contribution is 5.89. The maximum Gasteiger partial charge on any atom is 0.408 e. The van der Waals surface area contributed by atoms with E-state index in [1.165, 1.54) is 11.8 Å². The van der Waals surface area contributed by atoms with E-state index in [0.29, 0.717) is 19.4 Å². The van der Waals surface area contributed by atoms with Crippen LogP contribution in [0.15, 0.2) is 54.6 Å². The van der Waals surface area contributed by atoms with E-state index in [-0.39, 0.29) is 6.61 Å². The summed E-state index contributed by atoms with van der Waals surface area (Å²) in [4.78, 5) is 36.4. The number of aliphatic carboxylic acids is 1. The third kappa shape index (κ3) is 7.50. The Morgan fingerprint density at radius 3 is 2.41 bits per heavy atom. The topological polar surface area (TPSA) is 131 Å². The number of carbonyl (C=O) groups is 3. The van der Waals surface area contributed by atoms with Gasteiger partial charge in [-0.05, 0) is 49.6 Å². The lowest BCUT2D eigenvalue weighted by atomic mass is 10.2. The Kier molecular flexibility index (Phi) is 9.34. The smallest absolute Gasteiger partial charge is 0.408 e. The molecule has 0 aliphatic carbocycles. The summed E-state index contributed by atoms with van der Waals surface area (Å²) < 4.78 is 9.96. The first-order chi connectivity index (χ1) is 15.3. The number of carboxylic acid groups (broad SMARTS) is 1. The molecule has 0 spiro atoms. The number of nitrogen functional groups attached to an aromatic ring is 1. The average Bonchev–Trinajstić information content (AvgIpc) is 3.29. The van der Waals surface area contributed by atoms with Gasteiger partial charge in [-0.1, -0.05) is 30.3 Å². The van der Waals surface area contributed by atoms with Crippen molar-refractivity contribution in [1.29, 1.82) is 0 Å². The first kappa shape index (κ1) is 24.5. The number of ether oxygens (including phenoxy) is 2. The second kappa shape index (κ2) is 12.2. The van der Waals surface area contributed by atoms with Gasteiger partial charge in [0.2, 0.25) is 5.91 Å². The molecule has 4 N–H and O–H groups in total. The van der Waals surface area contributed by atoms with E-state index in [1.807, 2.05) is 42.5 Å². The van der Waals surface area contributed by atoms with Crippen molar-refractivity contribution in [3.05, 3.63) is 60.2 Å². The summed E-state index contributed by atoms with van der Waals surface area (Å²) in [6.07, 6.45) is 0.376. The molecule has 1 fully saturated rings. The fraction of sp³-hybridized carbons (Fsp3) is 0.348. The maximum atomic E-state index is 12.3. The van der Waals surface area contributed by atoms with Crippen LogP contribution >= 0.6 is 0 Å². The molecule has 9 nitrogen and oxygen atoms in total. The number of hydrogen-bond donors (Lipinski definition) is 3. The summed E-state index contributed by atoms with van der Waals surface area (Å²) in [7, 11) is 1.63. The quantitative estimate of drug-likeness (QED) is 0.585. The maximum absolute atomic E-state index is 12.3. The number of methoxy groups -OCH3 is 1. The molecule has 1 aliphatic rings. The van der Waals surface area contributed by atoms with Crippen LogP contribution in [-0.4, -0.2) is 53.7 Å². The lowest BCUT2D eigenvalue weighted by Crippen LogP contribution is -2.50. The molecule has 0 aromatic heterocycles. The number of nitrogens with two attached hydrogens (primary N) is 1. The van der Waals surface area contributed by atoms with Gasteiger partial charge in [0.15, 0.2) is 0 Å². The number of likely N-dealkylation sites (tertiary alicyclic amines) is 1. The van der Waals surface area contributed by atoms with E-state index in [1.54, 1.807) is 19.2 Å². The molecule has 1 saturated heterocycles. The van der Waals surface area contributed by atoms with E-state index in [9.17, 15) is 14.4 Å². The monoisotopic (exact) mass is 443 g/mol. The van der Waals surface area contributed by atoms with Crippen molar-refractivity contribution in [2.75, 3.05) is 19.4 Å². The van der Waals surface area contributed by atoms with Gasteiger partial charge in [0, 0.05) is 12.2 Å². The third-order valence-electron chi connectivity index (χ3n) is 4.85. The lowest BCUT2D eigenvalue weighted by Gasteiger charge is -2.25. The van der Waals surface area contributed by atoms with Crippen LogP contribution in [0.3, 0.4) is 0 Å². The van der Waals surface area contributed by atoms with Gasteiger partial charge in [-0.15, -0.1) is 0 Å². The van der Waals surface area contributed by atoms with Gasteiger partial charge in [-0.2, -0.15) is 0 Å². The first-order valence-corrected chi connectivity index (χ1v) is 10.2. The van der Waals surface area contributed by atoms with Gasteiger partial charge in [-0.3, -0.25) is 4.79 Å². The largest absolute Gasteiger partial charge is 0.497 e. The van der Waals surface area contributed by atoms with Crippen LogP contribution in [0.25, 0.3) is 0 Å². The van der Waals surface area contributed by atoms with Crippen LogP contribution in [0.2, 0.25) is 0 Å². The van der Waals surface area contributed by atoms with Gasteiger partial charge < -0.3 is 30.5 Å². The normalized spacial score (nSPS) is 15.7. The lowest BCUT2D eigenvalue weighted by molar-refractivity contribution is -0.148. The highest BCUT2D eigenvalue weighted by Gasteiger charge is 2.36. The molecule has 2 atom stereocenters. The van der Waals surface area contributed by atoms with Crippen molar-refractivity contribution in [3.63, 3.8) is 0 Å². The molecule has 0 saturated carbocycles. The Morgan fingerprint density at radius 1 is 1.16 bits per heavy atom. The number of alkyl carbamates (subject to hydrolysis) is 1. The van der Waals surface area contributed by atoms with Gasteiger partial charge in [-0.25, -0.2) is 9.59 Å². The predicted molar refractivity (Wildman–Crippen MR) is 119 cm³/mol. The van der Waals surface area contributed by atoms with Crippen LogP contribution in [0, 0.1) is 0 Å². The zero-order chi connectivity index (χ0) is 23.5. The summed E-state index contributed by atoms with van der Waals surface area (Å²) in [6.45, 7) is 2.01. The zero-order valence-corrected chi connectivity index (χ0v) is 18.2. The number of hydrogen-bond acceptors (Lipinski definition) is 6. The molecule has 0 unspecified atom stereocenters. The third-order valence-corrected chi connectivity index (χ3v) is 4.85. The Labute approximate surface area is 187 Å². The molecule has 2 aromatic carbocycles. The van der Waals surface area contributed by atoms with Crippen molar-refractivity contribution in [2.24, 2.45) is 0 Å². The van der Waals surface area contributed by atoms with Crippen LogP contribution in [0.1, 0.15) is 25.3 Å². The molecule has 2 aromatic rings. The number of nitrogens with one attached hydrogen (secondary N) is 1. The number of anilines is 1. The van der Waals surface area contributed by atoms with E-state index in [4.69, 9.17) is 20.3 Å². The summed E-state index contributed by atoms with van der Waals surface area (Å²) in [5.41, 5.74) is 7.03. The fourth-order valence-corrected chi connectivity index (χ4v) is 3.14. The number of carboxylic acids is 1. The standard InChI is InChI=1S/C16H20N2O5.C7H9NO/c1-11(14(19)18-9-5-8-13(18)15(20)21)17-16(22)23-10-12-6-3-2-4-7-12;1-9-7-4-2-6(8)3-5-7/h2-4,6-7,11,13H,5,8-10H2,1H3,(H,17,22)(H,20,21);2-5H,8H2,1H3/t11-,13-;/m0./s1. The second-order valence-corrected chi connectivity index (χ2v) is 7.23. The molecule has 3 rings (SSSR count). The molecule has 9 heteroatoms. The molecule has 32 heavy (non-hydrogen) atoms. The van der Waals surface area contributed by atoms with Crippen LogP contribution in [-0.2, 0) is 20.9 Å². The van der Waals surface area contributed by atoms with Gasteiger partial charge in [0.25, 0.3) is 0 Å². The second-order valence-electron chi connectivity index (χ2n) is 7.23. The predicted octanol–water partition coefficient (Wildman–Crippen LogP) is 2.65. The molecule has 1 aliphatic heterocycles. The molecular formula is C23H29N3O6. The number of amides is 2. The Bertz CT molecular complexity index is 888. The van der Waals surface area contributed by atoms with Crippen LogP contribution in [0.5, 0.6) is 5.75 Å². The first-order valence-electron chi connectivity index (χ1n) is 10.2. The van der Waals surface area contributed by atoms with Gasteiger partial charge >= 0.3 is 12.1 Å². The Balaban J connectivity index is 0.000000336. The minimum Gasteiger partial charge on any atom is -0.497 e. The Morgan fingerprint density at radius 2 is 1.81 bits per heavy atom. The highest BCUT2D eigenvalue weighted by atomic mass is 16.5. The molecular weight excluding hydrogens is 414 g/mol. The number of carbonyl (C=O) groups excluding carboxylic acids is 2. The van der Waals surface area contributed by atoms with Crippen LogP contribution in [0.4, 0.5) is 10.5 Å². The average molecular weight is 444 g/mol. The van der Waals surface area contributed by atoms with Crippen molar-refractivity contribution in [3.8, 4) is 5.75 Å². The molecule has 0 radical (unpaired) electrons. The number of nitrogens with zero attached hydrogens (tertiary/aromatic N) is 1. The van der Waals surface area contributed by atoms with Crippen molar-refractivity contribution in [2.45, 2.75) is 38.5 Å². The molecule has 172 valence electrons. The van der Waals surface area contributed by atoms with E-state index < -0.39 is 30.1 Å². The minimum absolute atomic E-state index is 0.106. The molecule has 2 amide bonds. The SMILES string of the molecule is COc1ccc(N)cc1.C[C@H](NC(=O)OCc1ccccc1)C(=O)N1CCC[C@H]1C(=O)O. The van der Waals surface area contributed by atoms with Gasteiger partial charge in [0.05, 0.1) is 7.11 Å². The summed E-state index contributed by atoms with van der Waals surface area (Å²) >= 11 is 0. The fourth-order valence-electron chi connectivity index (χ4n) is 3.14. The van der Waals surface area contributed by atoms with Gasteiger partial charge in [0.1, 0.15) is 24.4 Å². The van der Waals surface area contributed by atoms with Crippen molar-refractivity contribution >= 4 is 23.7 Å². The summed E-state index contributed by atoms with van der Waals surface area (Å²) in [5.74, 6) is -0.592. The van der Waals surface area contributed by atoms with Crippen LogP contribution < -0.4 is 15.8 Å². The van der Waals surface area contributed by atoms with E-state index >= 15 is 0 Å². The Hall–Kier alpha value is -3.75. The zero-order valence-electron chi connectivity index (χ0n) is 18.2. The summed E-state index contributed by atoms with van der Waals surface area (Å²) in [5, 5.41) is 11.5. The highest BCUT2D eigenvalue weighted by Crippen LogP contribution is 2.18. The van der Waals surface area contributed by atoms with E-state index in [0.717, 1.165) is 17.0 Å². The molecule has 0 bridgehead atoms. The van der Waals surface area contributed by atoms with Crippen molar-refractivity contribution in [1.82, 2.24) is 10.2 Å². The minimum atomic E-state index is -1.02. The number of rotatable bonds is 6. The number of benzene rings is 2. The van der Waals surface area contributed by atoms with Crippen molar-refractivity contribution < 1.29 is 29.0 Å².